The molecule has 0 N–H and O–H groups in total. The third kappa shape index (κ3) is 2.50. The molecule has 2 aromatic rings. The van der Waals surface area contributed by atoms with Crippen LogP contribution in [0.15, 0.2) is 12.3 Å². The minimum atomic E-state index is 0.207. The molecular formula is C15H19ClN4O. The maximum atomic E-state index is 11.7. The minimum absolute atomic E-state index is 0.207. The van der Waals surface area contributed by atoms with Gasteiger partial charge in [0.25, 0.3) is 0 Å². The topological polar surface area (TPSA) is 51.0 Å². The number of hydrogen-bond donors (Lipinski definition) is 0. The first-order valence-corrected chi connectivity index (χ1v) is 7.77. The fourth-order valence-corrected chi connectivity index (χ4v) is 3.17. The van der Waals surface area contributed by atoms with Gasteiger partial charge in [-0.05, 0) is 25.0 Å². The third-order valence-corrected chi connectivity index (χ3v) is 4.33. The Hall–Kier alpha value is -1.62. The molecule has 1 amide bonds. The molecule has 6 heteroatoms. The maximum absolute atomic E-state index is 11.7. The highest BCUT2D eigenvalue weighted by atomic mass is 35.5. The minimum Gasteiger partial charge on any atom is -0.344 e. The first-order valence-electron chi connectivity index (χ1n) is 7.24. The number of likely N-dealkylation sites (N-methyl/N-ethyl adjacent to an activating group) is 1. The number of nitrogens with zero attached hydrogens (tertiary/aromatic N) is 4. The van der Waals surface area contributed by atoms with Gasteiger partial charge in [-0.15, -0.1) is 11.6 Å². The van der Waals surface area contributed by atoms with E-state index in [9.17, 15) is 4.79 Å². The monoisotopic (exact) mass is 306 g/mol. The van der Waals surface area contributed by atoms with E-state index in [0.29, 0.717) is 25.3 Å². The van der Waals surface area contributed by atoms with Gasteiger partial charge in [0.15, 0.2) is 5.65 Å². The van der Waals surface area contributed by atoms with Crippen molar-refractivity contribution in [3.63, 3.8) is 0 Å². The van der Waals surface area contributed by atoms with Gasteiger partial charge < -0.3 is 9.47 Å². The Kier molecular flexibility index (Phi) is 3.85. The van der Waals surface area contributed by atoms with E-state index in [1.54, 1.807) is 4.90 Å². The van der Waals surface area contributed by atoms with Crippen LogP contribution in [0.5, 0.6) is 0 Å². The standard InChI is InChI=1S/C15H19ClN4O/c1-10-6-8-17-15-14(10)18-12(5-7-16)20(15)11-3-4-13(21)19(2)9-11/h6,8,11H,3-5,7,9H2,1-2H3. The molecular weight excluding hydrogens is 288 g/mol. The van der Waals surface area contributed by atoms with Crippen LogP contribution < -0.4 is 0 Å². The van der Waals surface area contributed by atoms with Crippen LogP contribution in [0.1, 0.15) is 30.3 Å². The highest BCUT2D eigenvalue weighted by Crippen LogP contribution is 2.28. The van der Waals surface area contributed by atoms with E-state index >= 15 is 0 Å². The normalized spacial score (nSPS) is 19.5. The Morgan fingerprint density at radius 2 is 2.29 bits per heavy atom. The first kappa shape index (κ1) is 14.3. The van der Waals surface area contributed by atoms with Crippen molar-refractivity contribution in [3.8, 4) is 0 Å². The molecule has 112 valence electrons. The smallest absolute Gasteiger partial charge is 0.222 e. The summed E-state index contributed by atoms with van der Waals surface area (Å²) >= 11 is 5.93. The van der Waals surface area contributed by atoms with Gasteiger partial charge in [-0.1, -0.05) is 0 Å². The molecule has 21 heavy (non-hydrogen) atoms. The second kappa shape index (κ2) is 5.64. The highest BCUT2D eigenvalue weighted by molar-refractivity contribution is 6.17. The van der Waals surface area contributed by atoms with Gasteiger partial charge >= 0.3 is 0 Å². The lowest BCUT2D eigenvalue weighted by Gasteiger charge is -2.31. The molecule has 0 aromatic carbocycles. The van der Waals surface area contributed by atoms with Gasteiger partial charge in [0.2, 0.25) is 5.91 Å². The summed E-state index contributed by atoms with van der Waals surface area (Å²) in [5.41, 5.74) is 2.97. The summed E-state index contributed by atoms with van der Waals surface area (Å²) in [7, 11) is 1.85. The SMILES string of the molecule is Cc1ccnc2c1nc(CCCl)n2C1CCC(=O)N(C)C1. The number of aryl methyl sites for hydroxylation is 2. The number of rotatable bonds is 3. The lowest BCUT2D eigenvalue weighted by molar-refractivity contribution is -0.132. The number of imidazole rings is 1. The van der Waals surface area contributed by atoms with Crippen molar-refractivity contribution < 1.29 is 4.79 Å². The Morgan fingerprint density at radius 1 is 1.48 bits per heavy atom. The summed E-state index contributed by atoms with van der Waals surface area (Å²) in [6, 6.07) is 2.20. The van der Waals surface area contributed by atoms with Gasteiger partial charge in [-0.3, -0.25) is 4.79 Å². The van der Waals surface area contributed by atoms with Crippen LogP contribution in [0.25, 0.3) is 11.2 Å². The number of alkyl halides is 1. The molecule has 5 nitrogen and oxygen atoms in total. The van der Waals surface area contributed by atoms with Crippen molar-refractivity contribution in [3.05, 3.63) is 23.7 Å². The number of hydrogen-bond acceptors (Lipinski definition) is 3. The molecule has 1 unspecified atom stereocenters. The average molecular weight is 307 g/mol. The number of carbonyl (C=O) groups excluding carboxylic acids is 1. The molecule has 0 saturated carbocycles. The number of aromatic nitrogens is 3. The Balaban J connectivity index is 2.09. The number of piperidine rings is 1. The van der Waals surface area contributed by atoms with Crippen molar-refractivity contribution in [1.82, 2.24) is 19.4 Å². The van der Waals surface area contributed by atoms with Crippen molar-refractivity contribution in [2.75, 3.05) is 19.5 Å². The predicted molar refractivity (Wildman–Crippen MR) is 82.6 cm³/mol. The first-order chi connectivity index (χ1) is 10.1. The summed E-state index contributed by atoms with van der Waals surface area (Å²) in [5.74, 6) is 1.71. The second-order valence-electron chi connectivity index (χ2n) is 5.60. The molecule has 1 atom stereocenters. The van der Waals surface area contributed by atoms with Crippen molar-refractivity contribution in [2.24, 2.45) is 0 Å². The van der Waals surface area contributed by atoms with E-state index in [1.165, 1.54) is 0 Å². The second-order valence-corrected chi connectivity index (χ2v) is 5.98. The molecule has 1 saturated heterocycles. The lowest BCUT2D eigenvalue weighted by Crippen LogP contribution is -2.38. The lowest BCUT2D eigenvalue weighted by atomic mass is 10.1. The number of pyridine rings is 1. The van der Waals surface area contributed by atoms with Gasteiger partial charge in [0.1, 0.15) is 11.3 Å². The van der Waals surface area contributed by atoms with Crippen molar-refractivity contribution >= 4 is 28.7 Å². The Morgan fingerprint density at radius 3 is 3.00 bits per heavy atom. The van der Waals surface area contributed by atoms with E-state index in [2.05, 4.69) is 9.55 Å². The summed E-state index contributed by atoms with van der Waals surface area (Å²) in [6.45, 7) is 2.75. The zero-order valence-corrected chi connectivity index (χ0v) is 13.1. The molecule has 3 heterocycles. The summed E-state index contributed by atoms with van der Waals surface area (Å²) in [4.78, 5) is 22.7. The van der Waals surface area contributed by atoms with E-state index in [4.69, 9.17) is 16.6 Å². The number of likely N-dealkylation sites (tertiary alicyclic amines) is 1. The van der Waals surface area contributed by atoms with Crippen LogP contribution in [0.4, 0.5) is 0 Å². The van der Waals surface area contributed by atoms with E-state index in [0.717, 1.165) is 29.0 Å². The zero-order valence-electron chi connectivity index (χ0n) is 12.3. The molecule has 1 aliphatic heterocycles. The molecule has 0 radical (unpaired) electrons. The van der Waals surface area contributed by atoms with Gasteiger partial charge in [0, 0.05) is 38.5 Å². The number of amides is 1. The van der Waals surface area contributed by atoms with E-state index < -0.39 is 0 Å². The largest absolute Gasteiger partial charge is 0.344 e. The molecule has 3 rings (SSSR count). The van der Waals surface area contributed by atoms with Gasteiger partial charge in [0.05, 0.1) is 6.04 Å². The fourth-order valence-electron chi connectivity index (χ4n) is 3.00. The summed E-state index contributed by atoms with van der Waals surface area (Å²) in [5, 5.41) is 0. The van der Waals surface area contributed by atoms with E-state index in [-0.39, 0.29) is 11.9 Å². The Labute approximate surface area is 128 Å². The van der Waals surface area contributed by atoms with Crippen LogP contribution >= 0.6 is 11.6 Å². The van der Waals surface area contributed by atoms with Crippen molar-refractivity contribution in [1.29, 1.82) is 0 Å². The molecule has 1 fully saturated rings. The van der Waals surface area contributed by atoms with Crippen LogP contribution in [0, 0.1) is 6.92 Å². The molecule has 2 aromatic heterocycles. The van der Waals surface area contributed by atoms with Gasteiger partial charge in [-0.25, -0.2) is 9.97 Å². The van der Waals surface area contributed by atoms with Crippen LogP contribution in [0.2, 0.25) is 0 Å². The van der Waals surface area contributed by atoms with Crippen molar-refractivity contribution in [2.45, 2.75) is 32.2 Å². The quantitative estimate of drug-likeness (QED) is 0.818. The Bertz CT molecular complexity index is 682. The maximum Gasteiger partial charge on any atom is 0.222 e. The number of carbonyl (C=O) groups is 1. The summed E-state index contributed by atoms with van der Waals surface area (Å²) in [6.07, 6.45) is 3.94. The predicted octanol–water partition coefficient (Wildman–Crippen LogP) is 2.31. The molecule has 0 aliphatic carbocycles. The number of halogens is 1. The van der Waals surface area contributed by atoms with Gasteiger partial charge in [-0.2, -0.15) is 0 Å². The fraction of sp³-hybridized carbons (Fsp3) is 0.533. The van der Waals surface area contributed by atoms with E-state index in [1.807, 2.05) is 26.2 Å². The van der Waals surface area contributed by atoms with Crippen LogP contribution in [-0.4, -0.2) is 44.8 Å². The summed E-state index contributed by atoms with van der Waals surface area (Å²) < 4.78 is 2.19. The zero-order chi connectivity index (χ0) is 15.0. The average Bonchev–Trinajstić information content (AvgIpc) is 2.82. The molecule has 0 spiro atoms. The van der Waals surface area contributed by atoms with Crippen LogP contribution in [0.3, 0.4) is 0 Å². The molecule has 0 bridgehead atoms. The molecule has 1 aliphatic rings. The van der Waals surface area contributed by atoms with Crippen LogP contribution in [-0.2, 0) is 11.2 Å². The highest BCUT2D eigenvalue weighted by Gasteiger charge is 2.27. The number of fused-ring (bicyclic) bond motifs is 1. The third-order valence-electron chi connectivity index (χ3n) is 4.14.